The van der Waals surface area contributed by atoms with E-state index in [9.17, 15) is 14.0 Å². The first-order chi connectivity index (χ1) is 10.5. The van der Waals surface area contributed by atoms with Crippen molar-refractivity contribution in [3.63, 3.8) is 0 Å². The lowest BCUT2D eigenvalue weighted by atomic mass is 10.1. The van der Waals surface area contributed by atoms with Gasteiger partial charge in [-0.05, 0) is 30.5 Å². The number of anilines is 1. The van der Waals surface area contributed by atoms with Crippen LogP contribution in [0.15, 0.2) is 18.2 Å². The Labute approximate surface area is 132 Å². The molecule has 0 saturated heterocycles. The Bertz CT molecular complexity index is 464. The highest BCUT2D eigenvalue weighted by Crippen LogP contribution is 2.17. The Balaban J connectivity index is 0.00000135. The molecule has 22 heavy (non-hydrogen) atoms. The van der Waals surface area contributed by atoms with Crippen LogP contribution in [0.3, 0.4) is 0 Å². The van der Waals surface area contributed by atoms with Crippen molar-refractivity contribution in [1.29, 1.82) is 0 Å². The summed E-state index contributed by atoms with van der Waals surface area (Å²) in [5.41, 5.74) is 1.17. The zero-order valence-corrected chi connectivity index (χ0v) is 13.9. The molecule has 0 aliphatic carbocycles. The minimum Gasteiger partial charge on any atom is -0.374 e. The van der Waals surface area contributed by atoms with Gasteiger partial charge >= 0.3 is 0 Å². The molecule has 1 rings (SSSR count). The first kappa shape index (κ1) is 20.1. The number of aldehydes is 1. The molecule has 0 radical (unpaired) electrons. The maximum Gasteiger partial charge on any atom is 0.242 e. The maximum atomic E-state index is 13.6. The van der Waals surface area contributed by atoms with Crippen molar-refractivity contribution in [2.24, 2.45) is 0 Å². The zero-order valence-electron chi connectivity index (χ0n) is 13.9. The molecular formula is C17H27FN2O2. The molecule has 1 unspecified atom stereocenters. The Kier molecular flexibility index (Phi) is 10.7. The Morgan fingerprint density at radius 2 is 1.95 bits per heavy atom. The second kappa shape index (κ2) is 11.7. The maximum absolute atomic E-state index is 13.6. The predicted molar refractivity (Wildman–Crippen MR) is 88.5 cm³/mol. The van der Waals surface area contributed by atoms with Crippen LogP contribution in [0.5, 0.6) is 0 Å². The lowest BCUT2D eigenvalue weighted by Gasteiger charge is -2.18. The minimum absolute atomic E-state index is 0.221. The van der Waals surface area contributed by atoms with Gasteiger partial charge in [-0.25, -0.2) is 4.39 Å². The lowest BCUT2D eigenvalue weighted by molar-refractivity contribution is -0.121. The first-order valence-corrected chi connectivity index (χ1v) is 7.74. The fourth-order valence-electron chi connectivity index (χ4n) is 1.80. The highest BCUT2D eigenvalue weighted by molar-refractivity contribution is 5.84. The number of hydrogen-bond acceptors (Lipinski definition) is 3. The largest absolute Gasteiger partial charge is 0.374 e. The summed E-state index contributed by atoms with van der Waals surface area (Å²) in [6, 6.07) is 4.26. The van der Waals surface area contributed by atoms with Gasteiger partial charge < -0.3 is 15.4 Å². The van der Waals surface area contributed by atoms with Crippen LogP contribution < -0.4 is 10.6 Å². The summed E-state index contributed by atoms with van der Waals surface area (Å²) < 4.78 is 13.6. The molecule has 2 N–H and O–H groups in total. The molecule has 0 heterocycles. The highest BCUT2D eigenvalue weighted by Gasteiger charge is 2.16. The quantitative estimate of drug-likeness (QED) is 0.760. The second-order valence-electron chi connectivity index (χ2n) is 4.92. The van der Waals surface area contributed by atoms with Crippen molar-refractivity contribution in [2.75, 3.05) is 12.4 Å². The van der Waals surface area contributed by atoms with Crippen molar-refractivity contribution in [1.82, 2.24) is 5.32 Å². The summed E-state index contributed by atoms with van der Waals surface area (Å²) >= 11 is 0. The number of nitrogens with one attached hydrogen (secondary N) is 2. The standard InChI is InChI=1S/C14H19FN2O2.C3H8/c1-3-10-6-7-11(9-12(10)15)17-13(5-4-8-18)14(19)16-2;1-3-2/h6-9,13,17H,3-5H2,1-2H3,(H,16,19);3H2,1-2H3. The summed E-state index contributed by atoms with van der Waals surface area (Å²) in [5, 5.41) is 5.47. The third kappa shape index (κ3) is 7.20. The van der Waals surface area contributed by atoms with E-state index in [2.05, 4.69) is 24.5 Å². The van der Waals surface area contributed by atoms with E-state index in [1.165, 1.54) is 19.5 Å². The summed E-state index contributed by atoms with van der Waals surface area (Å²) in [4.78, 5) is 22.0. The second-order valence-corrected chi connectivity index (χ2v) is 4.92. The number of rotatable bonds is 7. The summed E-state index contributed by atoms with van der Waals surface area (Å²) in [6.45, 7) is 6.13. The van der Waals surface area contributed by atoms with Crippen molar-refractivity contribution < 1.29 is 14.0 Å². The molecule has 1 aromatic rings. The molecule has 0 aromatic heterocycles. The molecule has 1 amide bonds. The number of amides is 1. The summed E-state index contributed by atoms with van der Waals surface area (Å²) in [7, 11) is 1.53. The number of aryl methyl sites for hydroxylation is 1. The van der Waals surface area contributed by atoms with Gasteiger partial charge in [-0.1, -0.05) is 33.3 Å². The predicted octanol–water partition coefficient (Wildman–Crippen LogP) is 3.31. The number of likely N-dealkylation sites (N-methyl/N-ethyl adjacent to an activating group) is 1. The Morgan fingerprint density at radius 3 is 2.41 bits per heavy atom. The fourth-order valence-corrected chi connectivity index (χ4v) is 1.80. The fraction of sp³-hybridized carbons (Fsp3) is 0.529. The SMILES string of the molecule is CCC.CCc1ccc(NC(CCC=O)C(=O)NC)cc1F. The molecular weight excluding hydrogens is 283 g/mol. The summed E-state index contributed by atoms with van der Waals surface area (Å²) in [5.74, 6) is -0.514. The topological polar surface area (TPSA) is 58.2 Å². The normalized spacial score (nSPS) is 11.0. The van der Waals surface area contributed by atoms with Crippen molar-refractivity contribution >= 4 is 17.9 Å². The van der Waals surface area contributed by atoms with Crippen LogP contribution in [0.4, 0.5) is 10.1 Å². The Morgan fingerprint density at radius 1 is 1.32 bits per heavy atom. The monoisotopic (exact) mass is 310 g/mol. The minimum atomic E-state index is -0.540. The molecule has 0 saturated carbocycles. The zero-order chi connectivity index (χ0) is 17.0. The first-order valence-electron chi connectivity index (χ1n) is 7.74. The van der Waals surface area contributed by atoms with Crippen LogP contribution in [0.2, 0.25) is 0 Å². The van der Waals surface area contributed by atoms with Crippen LogP contribution in [-0.4, -0.2) is 25.3 Å². The van der Waals surface area contributed by atoms with Gasteiger partial charge in [0.25, 0.3) is 0 Å². The molecule has 0 spiro atoms. The van der Waals surface area contributed by atoms with Gasteiger partial charge in [0.2, 0.25) is 5.91 Å². The molecule has 1 atom stereocenters. The van der Waals surface area contributed by atoms with Gasteiger partial charge in [0, 0.05) is 19.2 Å². The smallest absolute Gasteiger partial charge is 0.242 e. The van der Waals surface area contributed by atoms with E-state index in [0.717, 1.165) is 6.29 Å². The van der Waals surface area contributed by atoms with E-state index >= 15 is 0 Å². The Hall–Kier alpha value is -1.91. The van der Waals surface area contributed by atoms with Gasteiger partial charge in [0.05, 0.1) is 0 Å². The van der Waals surface area contributed by atoms with E-state index in [1.807, 2.05) is 6.92 Å². The number of benzene rings is 1. The van der Waals surface area contributed by atoms with E-state index < -0.39 is 6.04 Å². The molecule has 0 aliphatic heterocycles. The molecule has 124 valence electrons. The number of halogens is 1. The van der Waals surface area contributed by atoms with Crippen LogP contribution in [0.1, 0.15) is 45.6 Å². The lowest BCUT2D eigenvalue weighted by Crippen LogP contribution is -2.37. The van der Waals surface area contributed by atoms with Crippen molar-refractivity contribution in [2.45, 2.75) is 52.5 Å². The number of carbonyl (C=O) groups is 2. The average molecular weight is 310 g/mol. The van der Waals surface area contributed by atoms with Gasteiger partial charge in [0.1, 0.15) is 18.1 Å². The molecule has 0 aliphatic rings. The van der Waals surface area contributed by atoms with Crippen LogP contribution >= 0.6 is 0 Å². The van der Waals surface area contributed by atoms with Crippen LogP contribution in [-0.2, 0) is 16.0 Å². The number of hydrogen-bond donors (Lipinski definition) is 2. The molecule has 4 nitrogen and oxygen atoms in total. The molecule has 0 bridgehead atoms. The molecule has 0 fully saturated rings. The molecule has 1 aromatic carbocycles. The van der Waals surface area contributed by atoms with Gasteiger partial charge in [0.15, 0.2) is 0 Å². The average Bonchev–Trinajstić information content (AvgIpc) is 2.51. The highest BCUT2D eigenvalue weighted by atomic mass is 19.1. The van der Waals surface area contributed by atoms with E-state index in [-0.39, 0.29) is 18.1 Å². The summed E-state index contributed by atoms with van der Waals surface area (Å²) in [6.07, 6.45) is 3.29. The van der Waals surface area contributed by atoms with Crippen LogP contribution in [0.25, 0.3) is 0 Å². The van der Waals surface area contributed by atoms with Gasteiger partial charge in [-0.3, -0.25) is 4.79 Å². The third-order valence-electron chi connectivity index (χ3n) is 2.91. The van der Waals surface area contributed by atoms with Gasteiger partial charge in [-0.15, -0.1) is 0 Å². The third-order valence-corrected chi connectivity index (χ3v) is 2.91. The molecule has 5 heteroatoms. The van der Waals surface area contributed by atoms with E-state index in [0.29, 0.717) is 24.1 Å². The van der Waals surface area contributed by atoms with E-state index in [4.69, 9.17) is 0 Å². The van der Waals surface area contributed by atoms with E-state index in [1.54, 1.807) is 12.1 Å². The van der Waals surface area contributed by atoms with Crippen molar-refractivity contribution in [3.8, 4) is 0 Å². The van der Waals surface area contributed by atoms with Crippen molar-refractivity contribution in [3.05, 3.63) is 29.6 Å². The number of carbonyl (C=O) groups excluding carboxylic acids is 2. The van der Waals surface area contributed by atoms with Crippen LogP contribution in [0, 0.1) is 5.82 Å². The van der Waals surface area contributed by atoms with Gasteiger partial charge in [-0.2, -0.15) is 0 Å².